The second kappa shape index (κ2) is 7.87. The summed E-state index contributed by atoms with van der Waals surface area (Å²) in [5, 5.41) is 1.95. The molecule has 4 rings (SSSR count). The highest BCUT2D eigenvalue weighted by Gasteiger charge is 2.33. The molecule has 1 aliphatic heterocycles. The van der Waals surface area contributed by atoms with Gasteiger partial charge in [-0.2, -0.15) is 0 Å². The van der Waals surface area contributed by atoms with Gasteiger partial charge < -0.3 is 9.80 Å². The Morgan fingerprint density at radius 3 is 2.21 bits per heavy atom. The zero-order valence-electron chi connectivity index (χ0n) is 16.2. The van der Waals surface area contributed by atoms with Crippen LogP contribution in [-0.4, -0.2) is 53.1 Å². The highest BCUT2D eigenvalue weighted by Crippen LogP contribution is 2.19. The molecule has 0 bridgehead atoms. The predicted molar refractivity (Wildman–Crippen MR) is 112 cm³/mol. The Hall–Kier alpha value is -3.47. The lowest BCUT2D eigenvalue weighted by molar-refractivity contribution is -0.130. The van der Waals surface area contributed by atoms with E-state index in [4.69, 9.17) is 0 Å². The molecule has 3 aromatic carbocycles. The van der Waals surface area contributed by atoms with Crippen LogP contribution in [0.1, 0.15) is 27.6 Å². The van der Waals surface area contributed by atoms with Crippen molar-refractivity contribution in [2.45, 2.75) is 13.0 Å². The minimum absolute atomic E-state index is 0.0506. The van der Waals surface area contributed by atoms with Gasteiger partial charge in [-0.25, -0.2) is 0 Å². The van der Waals surface area contributed by atoms with E-state index in [0.717, 1.165) is 10.8 Å². The van der Waals surface area contributed by atoms with E-state index in [1.807, 2.05) is 55.5 Å². The molecule has 5 heteroatoms. The van der Waals surface area contributed by atoms with E-state index in [2.05, 4.69) is 0 Å². The molecule has 29 heavy (non-hydrogen) atoms. The van der Waals surface area contributed by atoms with Gasteiger partial charge in [0.25, 0.3) is 11.8 Å². The van der Waals surface area contributed by atoms with Gasteiger partial charge in [0.1, 0.15) is 0 Å². The molecular weight excluding hydrogens is 364 g/mol. The SMILES string of the molecule is C[C@@H]1CN(C(=O)c2ccccc2)CCN1C(=O)C(=O)c1ccc2ccccc2c1. The second-order valence-corrected chi connectivity index (χ2v) is 7.36. The van der Waals surface area contributed by atoms with Gasteiger partial charge in [0.2, 0.25) is 5.78 Å². The number of Topliss-reactive ketones (excluding diaryl/α,β-unsaturated/α-hetero) is 1. The number of benzene rings is 3. The molecule has 0 saturated carbocycles. The lowest BCUT2D eigenvalue weighted by Crippen LogP contribution is -2.56. The zero-order chi connectivity index (χ0) is 20.4. The van der Waals surface area contributed by atoms with Crippen LogP contribution in [0.15, 0.2) is 72.8 Å². The van der Waals surface area contributed by atoms with Crippen LogP contribution in [-0.2, 0) is 4.79 Å². The summed E-state index contributed by atoms with van der Waals surface area (Å²) >= 11 is 0. The van der Waals surface area contributed by atoms with Crippen LogP contribution >= 0.6 is 0 Å². The van der Waals surface area contributed by atoms with Crippen molar-refractivity contribution in [1.29, 1.82) is 0 Å². The number of carbonyl (C=O) groups excluding carboxylic acids is 3. The van der Waals surface area contributed by atoms with Crippen molar-refractivity contribution in [2.24, 2.45) is 0 Å². The van der Waals surface area contributed by atoms with Crippen LogP contribution in [0.4, 0.5) is 0 Å². The van der Waals surface area contributed by atoms with E-state index in [1.165, 1.54) is 0 Å². The molecule has 0 aromatic heterocycles. The maximum absolute atomic E-state index is 12.9. The molecule has 5 nitrogen and oxygen atoms in total. The Labute approximate surface area is 169 Å². The first-order valence-corrected chi connectivity index (χ1v) is 9.73. The van der Waals surface area contributed by atoms with Gasteiger partial charge in [-0.05, 0) is 35.9 Å². The summed E-state index contributed by atoms with van der Waals surface area (Å²) in [4.78, 5) is 41.6. The zero-order valence-corrected chi connectivity index (χ0v) is 16.2. The molecule has 0 aliphatic carbocycles. The van der Waals surface area contributed by atoms with Crippen LogP contribution < -0.4 is 0 Å². The Bertz CT molecular complexity index is 1080. The van der Waals surface area contributed by atoms with Crippen LogP contribution in [0.25, 0.3) is 10.8 Å². The molecule has 2 amide bonds. The highest BCUT2D eigenvalue weighted by atomic mass is 16.2. The number of piperazine rings is 1. The van der Waals surface area contributed by atoms with E-state index < -0.39 is 11.7 Å². The smallest absolute Gasteiger partial charge is 0.295 e. The Balaban J connectivity index is 1.46. The largest absolute Gasteiger partial charge is 0.335 e. The Kier molecular flexibility index (Phi) is 5.12. The molecule has 0 radical (unpaired) electrons. The third kappa shape index (κ3) is 3.76. The fourth-order valence-corrected chi connectivity index (χ4v) is 3.79. The summed E-state index contributed by atoms with van der Waals surface area (Å²) in [6, 6.07) is 21.9. The molecule has 1 fully saturated rings. The molecular formula is C24H22N2O3. The number of nitrogens with zero attached hydrogens (tertiary/aromatic N) is 2. The van der Waals surface area contributed by atoms with Crippen molar-refractivity contribution < 1.29 is 14.4 Å². The fraction of sp³-hybridized carbons (Fsp3) is 0.208. The monoisotopic (exact) mass is 386 g/mol. The van der Waals surface area contributed by atoms with Gasteiger partial charge >= 0.3 is 0 Å². The molecule has 3 aromatic rings. The molecule has 146 valence electrons. The molecule has 1 heterocycles. The van der Waals surface area contributed by atoms with Crippen molar-refractivity contribution >= 4 is 28.4 Å². The molecule has 0 N–H and O–H groups in total. The maximum atomic E-state index is 12.9. The average molecular weight is 386 g/mol. The van der Waals surface area contributed by atoms with Gasteiger partial charge in [0.05, 0.1) is 0 Å². The van der Waals surface area contributed by atoms with Crippen molar-refractivity contribution in [3.63, 3.8) is 0 Å². The predicted octanol–water partition coefficient (Wildman–Crippen LogP) is 3.40. The number of amides is 2. The van der Waals surface area contributed by atoms with E-state index in [0.29, 0.717) is 30.8 Å². The molecule has 1 aliphatic rings. The van der Waals surface area contributed by atoms with Crippen LogP contribution in [0.3, 0.4) is 0 Å². The minimum Gasteiger partial charge on any atom is -0.335 e. The number of hydrogen-bond donors (Lipinski definition) is 0. The van der Waals surface area contributed by atoms with Crippen LogP contribution in [0.2, 0.25) is 0 Å². The minimum atomic E-state index is -0.514. The first-order valence-electron chi connectivity index (χ1n) is 9.73. The second-order valence-electron chi connectivity index (χ2n) is 7.36. The van der Waals surface area contributed by atoms with Crippen LogP contribution in [0, 0.1) is 0 Å². The van der Waals surface area contributed by atoms with Gasteiger partial charge in [-0.3, -0.25) is 14.4 Å². The quantitative estimate of drug-likeness (QED) is 0.512. The summed E-state index contributed by atoms with van der Waals surface area (Å²) in [7, 11) is 0. The number of fused-ring (bicyclic) bond motifs is 1. The average Bonchev–Trinajstić information content (AvgIpc) is 2.77. The van der Waals surface area contributed by atoms with Gasteiger partial charge in [0, 0.05) is 36.8 Å². The summed E-state index contributed by atoms with van der Waals surface area (Å²) < 4.78 is 0. The summed E-state index contributed by atoms with van der Waals surface area (Å²) in [6.45, 7) is 3.03. The topological polar surface area (TPSA) is 57.7 Å². The molecule has 0 unspecified atom stereocenters. The summed E-state index contributed by atoms with van der Waals surface area (Å²) in [5.41, 5.74) is 1.02. The van der Waals surface area contributed by atoms with Crippen molar-refractivity contribution in [1.82, 2.24) is 9.80 Å². The third-order valence-electron chi connectivity index (χ3n) is 5.40. The van der Waals surface area contributed by atoms with E-state index in [-0.39, 0.29) is 11.9 Å². The van der Waals surface area contributed by atoms with Gasteiger partial charge in [0.15, 0.2) is 0 Å². The standard InChI is InChI=1S/C24H22N2O3/c1-17-16-25(23(28)19-8-3-2-4-9-19)13-14-26(17)24(29)22(27)21-12-11-18-7-5-6-10-20(18)15-21/h2-12,15,17H,13-14,16H2,1H3/t17-/m1/s1. The lowest BCUT2D eigenvalue weighted by atomic mass is 10.0. The summed E-state index contributed by atoms with van der Waals surface area (Å²) in [5.74, 6) is -1.07. The number of ketones is 1. The highest BCUT2D eigenvalue weighted by molar-refractivity contribution is 6.43. The Morgan fingerprint density at radius 2 is 1.48 bits per heavy atom. The molecule has 1 saturated heterocycles. The van der Waals surface area contributed by atoms with Gasteiger partial charge in [-0.1, -0.05) is 54.6 Å². The van der Waals surface area contributed by atoms with Crippen molar-refractivity contribution in [3.8, 4) is 0 Å². The lowest BCUT2D eigenvalue weighted by Gasteiger charge is -2.39. The first-order chi connectivity index (χ1) is 14.0. The normalized spacial score (nSPS) is 16.7. The van der Waals surface area contributed by atoms with Gasteiger partial charge in [-0.15, -0.1) is 0 Å². The number of rotatable bonds is 3. The van der Waals surface area contributed by atoms with E-state index >= 15 is 0 Å². The van der Waals surface area contributed by atoms with Crippen LogP contribution in [0.5, 0.6) is 0 Å². The fourth-order valence-electron chi connectivity index (χ4n) is 3.79. The summed E-state index contributed by atoms with van der Waals surface area (Å²) in [6.07, 6.45) is 0. The molecule has 1 atom stereocenters. The third-order valence-corrected chi connectivity index (χ3v) is 5.40. The van der Waals surface area contributed by atoms with Crippen molar-refractivity contribution in [2.75, 3.05) is 19.6 Å². The molecule has 0 spiro atoms. The van der Waals surface area contributed by atoms with E-state index in [1.54, 1.807) is 34.1 Å². The Morgan fingerprint density at radius 1 is 0.793 bits per heavy atom. The van der Waals surface area contributed by atoms with Crippen molar-refractivity contribution in [3.05, 3.63) is 83.9 Å². The number of hydrogen-bond acceptors (Lipinski definition) is 3. The first kappa shape index (κ1) is 18.9. The number of carbonyl (C=O) groups is 3. The maximum Gasteiger partial charge on any atom is 0.295 e. The van der Waals surface area contributed by atoms with E-state index in [9.17, 15) is 14.4 Å².